The number of anilines is 1. The Morgan fingerprint density at radius 1 is 0.946 bits per heavy atom. The van der Waals surface area contributed by atoms with Crippen molar-refractivity contribution in [2.75, 3.05) is 11.9 Å². The largest absolute Gasteiger partial charge is 0.476 e. The molecule has 37 heavy (non-hydrogen) atoms. The Morgan fingerprint density at radius 2 is 1.62 bits per heavy atom. The molecule has 0 aromatic heterocycles. The summed E-state index contributed by atoms with van der Waals surface area (Å²) in [7, 11) is 0. The van der Waals surface area contributed by atoms with Crippen molar-refractivity contribution in [2.24, 2.45) is 0 Å². The highest BCUT2D eigenvalue weighted by molar-refractivity contribution is 5.95. The van der Waals surface area contributed by atoms with Crippen LogP contribution >= 0.6 is 0 Å². The van der Waals surface area contributed by atoms with Gasteiger partial charge in [-0.3, -0.25) is 4.79 Å². The molecule has 0 heterocycles. The van der Waals surface area contributed by atoms with Crippen molar-refractivity contribution in [2.45, 2.75) is 52.3 Å². The lowest BCUT2D eigenvalue weighted by Crippen LogP contribution is -2.39. The zero-order valence-corrected chi connectivity index (χ0v) is 21.4. The topological polar surface area (TPSA) is 64.6 Å². The summed E-state index contributed by atoms with van der Waals surface area (Å²) in [4.78, 5) is 25.0. The van der Waals surface area contributed by atoms with Gasteiger partial charge >= 0.3 is 12.1 Å². The highest BCUT2D eigenvalue weighted by atomic mass is 19.4. The monoisotopic (exact) mass is 513 g/mol. The number of esters is 1. The minimum atomic E-state index is -4.42. The molecule has 0 aliphatic rings. The average molecular weight is 514 g/mol. The Balaban J connectivity index is 1.68. The molecule has 5 nitrogen and oxygen atoms in total. The summed E-state index contributed by atoms with van der Waals surface area (Å²) >= 11 is 0. The zero-order chi connectivity index (χ0) is 27.4. The highest BCUT2D eigenvalue weighted by Crippen LogP contribution is 2.33. The van der Waals surface area contributed by atoms with E-state index in [2.05, 4.69) is 5.32 Å². The van der Waals surface area contributed by atoms with E-state index in [1.165, 1.54) is 6.07 Å². The van der Waals surface area contributed by atoms with Crippen LogP contribution in [0.4, 0.5) is 18.9 Å². The Labute approximate surface area is 214 Å². The number of hydrogen-bond acceptors (Lipinski definition) is 4. The number of rotatable bonds is 8. The van der Waals surface area contributed by atoms with Crippen molar-refractivity contribution in [3.8, 4) is 16.9 Å². The lowest BCUT2D eigenvalue weighted by molar-refractivity contribution is -0.158. The molecule has 0 aliphatic carbocycles. The van der Waals surface area contributed by atoms with Crippen LogP contribution in [0.2, 0.25) is 0 Å². The number of aryl methyl sites for hydroxylation is 1. The number of carbonyl (C=O) groups excluding carboxylic acids is 2. The third-order valence-corrected chi connectivity index (χ3v) is 5.90. The first kappa shape index (κ1) is 27.8. The summed E-state index contributed by atoms with van der Waals surface area (Å²) in [6.45, 7) is 8.84. The molecule has 3 aromatic rings. The fourth-order valence-corrected chi connectivity index (χ4v) is 3.70. The maximum Gasteiger partial charge on any atom is 0.416 e. The molecule has 1 N–H and O–H groups in total. The number of nitrogens with one attached hydrogen (secondary N) is 1. The van der Waals surface area contributed by atoms with Crippen LogP contribution in [0.5, 0.6) is 5.75 Å². The van der Waals surface area contributed by atoms with Gasteiger partial charge in [0, 0.05) is 5.69 Å². The van der Waals surface area contributed by atoms with Gasteiger partial charge < -0.3 is 14.8 Å². The van der Waals surface area contributed by atoms with Crippen molar-refractivity contribution in [1.29, 1.82) is 0 Å². The van der Waals surface area contributed by atoms with Gasteiger partial charge in [0.2, 0.25) is 5.91 Å². The summed E-state index contributed by atoms with van der Waals surface area (Å²) in [5.74, 6) is -0.689. The van der Waals surface area contributed by atoms with E-state index >= 15 is 0 Å². The van der Waals surface area contributed by atoms with E-state index in [0.29, 0.717) is 22.6 Å². The third-order valence-electron chi connectivity index (χ3n) is 5.90. The molecule has 0 fully saturated rings. The maximum atomic E-state index is 13.0. The van der Waals surface area contributed by atoms with Gasteiger partial charge in [-0.25, -0.2) is 4.79 Å². The van der Waals surface area contributed by atoms with Crippen molar-refractivity contribution in [3.63, 3.8) is 0 Å². The first-order valence-corrected chi connectivity index (χ1v) is 11.9. The molecule has 1 atom stereocenters. The standard InChI is InChI=1S/C29H30F3NO4/c1-6-36-27(35)28(4,5)37-25-15-12-21(16-18(25)2)19(3)26(34)33-24-13-10-20(11-14-24)22-8-7-9-23(17-22)29(30,31)32/h7-17,19H,6H2,1-5H3,(H,33,34). The van der Waals surface area contributed by atoms with Crippen LogP contribution in [0.25, 0.3) is 11.1 Å². The van der Waals surface area contributed by atoms with E-state index in [1.807, 2.05) is 13.0 Å². The third kappa shape index (κ3) is 6.90. The normalized spacial score (nSPS) is 12.5. The second-order valence-corrected chi connectivity index (χ2v) is 9.22. The molecule has 0 aliphatic heterocycles. The van der Waals surface area contributed by atoms with E-state index in [0.717, 1.165) is 23.3 Å². The molecule has 0 spiro atoms. The van der Waals surface area contributed by atoms with E-state index in [-0.39, 0.29) is 12.5 Å². The SMILES string of the molecule is CCOC(=O)C(C)(C)Oc1ccc(C(C)C(=O)Nc2ccc(-c3cccc(C(F)(F)F)c3)cc2)cc1C. The van der Waals surface area contributed by atoms with Crippen LogP contribution in [0, 0.1) is 6.92 Å². The van der Waals surface area contributed by atoms with E-state index in [1.54, 1.807) is 70.2 Å². The smallest absolute Gasteiger partial charge is 0.416 e. The number of alkyl halides is 3. The van der Waals surface area contributed by atoms with Gasteiger partial charge in [0.25, 0.3) is 0 Å². The van der Waals surface area contributed by atoms with Crippen LogP contribution in [-0.4, -0.2) is 24.1 Å². The molecular weight excluding hydrogens is 483 g/mol. The number of halogens is 3. The van der Waals surface area contributed by atoms with Gasteiger partial charge in [0.05, 0.1) is 18.1 Å². The van der Waals surface area contributed by atoms with Crippen LogP contribution in [-0.2, 0) is 20.5 Å². The minimum Gasteiger partial charge on any atom is -0.476 e. The summed E-state index contributed by atoms with van der Waals surface area (Å²) in [5.41, 5.74) is 1.22. The van der Waals surface area contributed by atoms with Crippen LogP contribution in [0.1, 0.15) is 50.3 Å². The first-order valence-electron chi connectivity index (χ1n) is 11.9. The molecular formula is C29H30F3NO4. The van der Waals surface area contributed by atoms with Gasteiger partial charge in [0.1, 0.15) is 5.75 Å². The van der Waals surface area contributed by atoms with Crippen molar-refractivity contribution in [3.05, 3.63) is 83.4 Å². The highest BCUT2D eigenvalue weighted by Gasteiger charge is 2.32. The first-order chi connectivity index (χ1) is 17.3. The van der Waals surface area contributed by atoms with E-state index in [9.17, 15) is 22.8 Å². The predicted octanol–water partition coefficient (Wildman–Crippen LogP) is 7.14. The molecule has 8 heteroatoms. The van der Waals surface area contributed by atoms with Gasteiger partial charge in [-0.05, 0) is 87.2 Å². The van der Waals surface area contributed by atoms with E-state index in [4.69, 9.17) is 9.47 Å². The quantitative estimate of drug-likeness (QED) is 0.325. The average Bonchev–Trinajstić information content (AvgIpc) is 2.85. The minimum absolute atomic E-state index is 0.244. The Kier molecular flexibility index (Phi) is 8.31. The maximum absolute atomic E-state index is 13.0. The Morgan fingerprint density at radius 3 is 2.22 bits per heavy atom. The predicted molar refractivity (Wildman–Crippen MR) is 136 cm³/mol. The van der Waals surface area contributed by atoms with Gasteiger partial charge in [-0.1, -0.05) is 36.4 Å². The zero-order valence-electron chi connectivity index (χ0n) is 21.4. The molecule has 1 amide bonds. The molecule has 196 valence electrons. The number of hydrogen-bond donors (Lipinski definition) is 1. The lowest BCUT2D eigenvalue weighted by atomic mass is 9.97. The van der Waals surface area contributed by atoms with Crippen LogP contribution in [0.15, 0.2) is 66.7 Å². The summed E-state index contributed by atoms with van der Waals surface area (Å²) in [5, 5.41) is 2.84. The Bertz CT molecular complexity index is 1270. The van der Waals surface area contributed by atoms with Crippen LogP contribution in [0.3, 0.4) is 0 Å². The van der Waals surface area contributed by atoms with Crippen molar-refractivity contribution >= 4 is 17.6 Å². The second-order valence-electron chi connectivity index (χ2n) is 9.22. The van der Waals surface area contributed by atoms with E-state index < -0.39 is 29.2 Å². The number of ether oxygens (including phenoxy) is 2. The van der Waals surface area contributed by atoms with Gasteiger partial charge in [0.15, 0.2) is 5.60 Å². The number of amides is 1. The molecule has 0 bridgehead atoms. The fourth-order valence-electron chi connectivity index (χ4n) is 3.70. The molecule has 0 saturated carbocycles. The number of benzene rings is 3. The fraction of sp³-hybridized carbons (Fsp3) is 0.310. The van der Waals surface area contributed by atoms with Crippen molar-refractivity contribution in [1.82, 2.24) is 0 Å². The summed E-state index contributed by atoms with van der Waals surface area (Å²) in [6, 6.07) is 17.1. The van der Waals surface area contributed by atoms with Crippen molar-refractivity contribution < 1.29 is 32.2 Å². The molecule has 1 unspecified atom stereocenters. The number of carbonyl (C=O) groups is 2. The summed E-state index contributed by atoms with van der Waals surface area (Å²) < 4.78 is 50.0. The lowest BCUT2D eigenvalue weighted by Gasteiger charge is -2.25. The molecule has 3 rings (SSSR count). The second kappa shape index (κ2) is 11.1. The Hall–Kier alpha value is -3.81. The molecule has 3 aromatic carbocycles. The van der Waals surface area contributed by atoms with Crippen LogP contribution < -0.4 is 10.1 Å². The van der Waals surface area contributed by atoms with Gasteiger partial charge in [-0.2, -0.15) is 13.2 Å². The summed E-state index contributed by atoms with van der Waals surface area (Å²) in [6.07, 6.45) is -4.42. The molecule has 0 radical (unpaired) electrons. The molecule has 0 saturated heterocycles. The van der Waals surface area contributed by atoms with Gasteiger partial charge in [-0.15, -0.1) is 0 Å².